The second-order valence-corrected chi connectivity index (χ2v) is 2.53. The van der Waals surface area contributed by atoms with E-state index in [1.165, 1.54) is 12.8 Å². The van der Waals surface area contributed by atoms with Crippen LogP contribution in [0, 0.1) is 5.92 Å². The molecule has 2 aliphatic rings. The van der Waals surface area contributed by atoms with Crippen molar-refractivity contribution in [1.82, 2.24) is 5.32 Å². The van der Waals surface area contributed by atoms with Gasteiger partial charge in [-0.3, -0.25) is 4.99 Å². The molecular weight excluding hydrogens is 100 g/mol. The molecule has 2 heteroatoms. The Morgan fingerprint density at radius 1 is 1.50 bits per heavy atom. The Morgan fingerprint density at radius 3 is 2.88 bits per heavy atom. The minimum atomic E-state index is 0.579. The van der Waals surface area contributed by atoms with Gasteiger partial charge in [-0.25, -0.2) is 0 Å². The smallest absolute Gasteiger partial charge is 0.164 e. The number of nitrogens with zero attached hydrogens (tertiary/aromatic N) is 1. The van der Waals surface area contributed by atoms with Gasteiger partial charge < -0.3 is 5.32 Å². The number of nitrogens with one attached hydrogen (secondary N) is 1. The Bertz CT molecular complexity index is 116. The summed E-state index contributed by atoms with van der Waals surface area (Å²) in [6.07, 6.45) is 5.54. The summed E-state index contributed by atoms with van der Waals surface area (Å²) in [7, 11) is 0. The van der Waals surface area contributed by atoms with Crippen LogP contribution >= 0.6 is 0 Å². The molecule has 1 unspecified atom stereocenters. The summed E-state index contributed by atoms with van der Waals surface area (Å²) in [6.45, 7) is 1.03. The SMILES string of the molecule is [C]1=NC(C2CC2)CN1. The standard InChI is InChI=1S/C6H9N2/c1-2-5(1)6-3-7-4-8-6/h5-6H,1-3H2,(H,7,8). The zero-order chi connectivity index (χ0) is 5.40. The Hall–Kier alpha value is -0.530. The van der Waals surface area contributed by atoms with Crippen molar-refractivity contribution in [2.24, 2.45) is 10.9 Å². The number of rotatable bonds is 1. The van der Waals surface area contributed by atoms with Crippen LogP contribution in [0.25, 0.3) is 0 Å². The summed E-state index contributed by atoms with van der Waals surface area (Å²) in [4.78, 5) is 4.14. The van der Waals surface area contributed by atoms with Crippen LogP contribution in [-0.4, -0.2) is 18.9 Å². The quantitative estimate of drug-likeness (QED) is 0.513. The van der Waals surface area contributed by atoms with Gasteiger partial charge in [0.05, 0.1) is 6.04 Å². The van der Waals surface area contributed by atoms with Gasteiger partial charge in [0.15, 0.2) is 6.34 Å². The third kappa shape index (κ3) is 0.602. The Morgan fingerprint density at radius 2 is 2.38 bits per heavy atom. The average Bonchev–Trinajstić information content (AvgIpc) is 2.49. The van der Waals surface area contributed by atoms with E-state index in [0.29, 0.717) is 6.04 Å². The van der Waals surface area contributed by atoms with Crippen molar-refractivity contribution >= 4 is 6.34 Å². The molecule has 0 aromatic carbocycles. The van der Waals surface area contributed by atoms with Crippen molar-refractivity contribution in [2.45, 2.75) is 18.9 Å². The highest BCUT2D eigenvalue weighted by molar-refractivity contribution is 5.57. The van der Waals surface area contributed by atoms with Gasteiger partial charge >= 0.3 is 0 Å². The lowest BCUT2D eigenvalue weighted by Gasteiger charge is -1.99. The molecule has 8 heavy (non-hydrogen) atoms. The molecule has 0 saturated heterocycles. The van der Waals surface area contributed by atoms with Crippen LogP contribution in [0.1, 0.15) is 12.8 Å². The van der Waals surface area contributed by atoms with Gasteiger partial charge in [-0.1, -0.05) is 0 Å². The minimum absolute atomic E-state index is 0.579. The van der Waals surface area contributed by atoms with Crippen LogP contribution in [0.2, 0.25) is 0 Å². The van der Waals surface area contributed by atoms with E-state index in [-0.39, 0.29) is 0 Å². The largest absolute Gasteiger partial charge is 0.365 e. The molecule has 2 rings (SSSR count). The highest BCUT2D eigenvalue weighted by Crippen LogP contribution is 2.34. The van der Waals surface area contributed by atoms with E-state index in [1.54, 1.807) is 0 Å². The highest BCUT2D eigenvalue weighted by Gasteiger charge is 2.31. The number of aliphatic imine (C=N–C) groups is 1. The molecule has 1 N–H and O–H groups in total. The third-order valence-corrected chi connectivity index (χ3v) is 1.79. The van der Waals surface area contributed by atoms with Crippen LogP contribution in [0.4, 0.5) is 0 Å². The Balaban J connectivity index is 1.95. The van der Waals surface area contributed by atoms with E-state index in [1.807, 2.05) is 0 Å². The van der Waals surface area contributed by atoms with E-state index in [9.17, 15) is 0 Å². The maximum Gasteiger partial charge on any atom is 0.164 e. The highest BCUT2D eigenvalue weighted by atomic mass is 15.1. The average molecular weight is 109 g/mol. The van der Waals surface area contributed by atoms with Crippen LogP contribution in [0.5, 0.6) is 0 Å². The first kappa shape index (κ1) is 4.36. The van der Waals surface area contributed by atoms with Crippen LogP contribution in [0.3, 0.4) is 0 Å². The van der Waals surface area contributed by atoms with E-state index in [2.05, 4.69) is 16.6 Å². The van der Waals surface area contributed by atoms with Crippen molar-refractivity contribution in [1.29, 1.82) is 0 Å². The molecule has 1 saturated carbocycles. The molecular formula is C6H9N2. The fourth-order valence-electron chi connectivity index (χ4n) is 1.08. The summed E-state index contributed by atoms with van der Waals surface area (Å²) >= 11 is 0. The molecule has 1 atom stereocenters. The molecule has 1 radical (unpaired) electrons. The first-order valence-corrected chi connectivity index (χ1v) is 3.14. The zero-order valence-electron chi connectivity index (χ0n) is 4.72. The fourth-order valence-corrected chi connectivity index (χ4v) is 1.08. The van der Waals surface area contributed by atoms with Crippen molar-refractivity contribution in [2.75, 3.05) is 6.54 Å². The predicted octanol–water partition coefficient (Wildman–Crippen LogP) is 0.274. The van der Waals surface area contributed by atoms with Crippen molar-refractivity contribution in [3.05, 3.63) is 0 Å². The lowest BCUT2D eigenvalue weighted by Crippen LogP contribution is -2.16. The zero-order valence-corrected chi connectivity index (χ0v) is 4.72. The molecule has 2 nitrogen and oxygen atoms in total. The van der Waals surface area contributed by atoms with Crippen molar-refractivity contribution in [3.8, 4) is 0 Å². The van der Waals surface area contributed by atoms with Gasteiger partial charge in [0, 0.05) is 6.54 Å². The molecule has 1 aliphatic heterocycles. The maximum absolute atomic E-state index is 4.14. The van der Waals surface area contributed by atoms with Crippen molar-refractivity contribution in [3.63, 3.8) is 0 Å². The first-order valence-electron chi connectivity index (χ1n) is 3.14. The van der Waals surface area contributed by atoms with Gasteiger partial charge in [-0.2, -0.15) is 0 Å². The molecule has 0 bridgehead atoms. The minimum Gasteiger partial charge on any atom is -0.365 e. The molecule has 0 aromatic heterocycles. The number of hydrogen-bond donors (Lipinski definition) is 1. The third-order valence-electron chi connectivity index (χ3n) is 1.79. The first-order chi connectivity index (χ1) is 3.97. The molecule has 43 valence electrons. The van der Waals surface area contributed by atoms with E-state index in [0.717, 1.165) is 12.5 Å². The second kappa shape index (κ2) is 1.47. The molecule has 1 heterocycles. The van der Waals surface area contributed by atoms with Gasteiger partial charge in [-0.15, -0.1) is 0 Å². The monoisotopic (exact) mass is 109 g/mol. The van der Waals surface area contributed by atoms with E-state index >= 15 is 0 Å². The second-order valence-electron chi connectivity index (χ2n) is 2.53. The van der Waals surface area contributed by atoms with Gasteiger partial charge in [-0.05, 0) is 18.8 Å². The lowest BCUT2D eigenvalue weighted by atomic mass is 10.2. The molecule has 0 aromatic rings. The van der Waals surface area contributed by atoms with E-state index in [4.69, 9.17) is 0 Å². The van der Waals surface area contributed by atoms with Gasteiger partial charge in [0.1, 0.15) is 0 Å². The summed E-state index contributed by atoms with van der Waals surface area (Å²) in [5.74, 6) is 0.900. The topological polar surface area (TPSA) is 24.4 Å². The Labute approximate surface area is 49.0 Å². The molecule has 1 aliphatic carbocycles. The summed E-state index contributed by atoms with van der Waals surface area (Å²) in [5.41, 5.74) is 0. The van der Waals surface area contributed by atoms with Crippen LogP contribution < -0.4 is 5.32 Å². The van der Waals surface area contributed by atoms with E-state index < -0.39 is 0 Å². The van der Waals surface area contributed by atoms with Gasteiger partial charge in [0.2, 0.25) is 0 Å². The van der Waals surface area contributed by atoms with Gasteiger partial charge in [0.25, 0.3) is 0 Å². The maximum atomic E-state index is 4.14. The normalized spacial score (nSPS) is 35.2. The Kier molecular flexibility index (Phi) is 0.802. The number of hydrogen-bond acceptors (Lipinski definition) is 2. The predicted molar refractivity (Wildman–Crippen MR) is 31.9 cm³/mol. The van der Waals surface area contributed by atoms with Crippen molar-refractivity contribution < 1.29 is 0 Å². The summed E-state index contributed by atoms with van der Waals surface area (Å²) in [5, 5.41) is 2.98. The summed E-state index contributed by atoms with van der Waals surface area (Å²) in [6, 6.07) is 0.579. The fraction of sp³-hybridized carbons (Fsp3) is 0.833. The summed E-state index contributed by atoms with van der Waals surface area (Å²) < 4.78 is 0. The lowest BCUT2D eigenvalue weighted by molar-refractivity contribution is 0.618. The molecule has 0 amide bonds. The molecule has 1 fully saturated rings. The molecule has 0 spiro atoms. The van der Waals surface area contributed by atoms with Crippen LogP contribution in [0.15, 0.2) is 4.99 Å². The van der Waals surface area contributed by atoms with Crippen LogP contribution in [-0.2, 0) is 0 Å².